The van der Waals surface area contributed by atoms with Gasteiger partial charge in [-0.25, -0.2) is 13.2 Å². The van der Waals surface area contributed by atoms with Crippen molar-refractivity contribution in [1.82, 2.24) is 4.31 Å². The van der Waals surface area contributed by atoms with E-state index in [1.165, 1.54) is 16.4 Å². The zero-order chi connectivity index (χ0) is 13.6. The average Bonchev–Trinajstić information content (AvgIpc) is 2.84. The third kappa shape index (κ3) is 2.41. The van der Waals surface area contributed by atoms with Crippen LogP contribution in [0.4, 0.5) is 0 Å². The molecule has 1 saturated heterocycles. The number of sulfonamides is 1. The Morgan fingerprint density at radius 2 is 2.17 bits per heavy atom. The minimum Gasteiger partial charge on any atom is -0.477 e. The van der Waals surface area contributed by atoms with E-state index in [0.717, 1.165) is 11.3 Å². The summed E-state index contributed by atoms with van der Waals surface area (Å²) < 4.78 is 25.6. The first kappa shape index (κ1) is 13.5. The predicted molar refractivity (Wildman–Crippen MR) is 65.3 cm³/mol. The van der Waals surface area contributed by atoms with Gasteiger partial charge in [-0.1, -0.05) is 0 Å². The van der Waals surface area contributed by atoms with Gasteiger partial charge in [-0.2, -0.15) is 4.31 Å². The van der Waals surface area contributed by atoms with Crippen LogP contribution < -0.4 is 0 Å². The van der Waals surface area contributed by atoms with Crippen molar-refractivity contribution in [3.05, 3.63) is 17.0 Å². The van der Waals surface area contributed by atoms with E-state index in [0.29, 0.717) is 6.42 Å². The van der Waals surface area contributed by atoms with E-state index in [-0.39, 0.29) is 22.2 Å². The maximum atomic E-state index is 12.2. The van der Waals surface area contributed by atoms with Crippen LogP contribution in [0.3, 0.4) is 0 Å². The summed E-state index contributed by atoms with van der Waals surface area (Å²) in [5.41, 5.74) is -1.01. The van der Waals surface area contributed by atoms with E-state index in [1.54, 1.807) is 6.92 Å². The van der Waals surface area contributed by atoms with Gasteiger partial charge >= 0.3 is 5.97 Å². The normalized spacial score (nSPS) is 25.4. The molecule has 1 aliphatic rings. The lowest BCUT2D eigenvalue weighted by Gasteiger charge is -2.17. The van der Waals surface area contributed by atoms with Crippen molar-refractivity contribution >= 4 is 27.3 Å². The van der Waals surface area contributed by atoms with Crippen LogP contribution in [0, 0.1) is 0 Å². The van der Waals surface area contributed by atoms with E-state index >= 15 is 0 Å². The standard InChI is InChI=1S/C10H13NO5S2/c1-10(14)4-5-11(6-10)18(15,16)8-3-2-7(17-8)9(12)13/h2-3,14H,4-6H2,1H3,(H,12,13). The molecule has 2 N–H and O–H groups in total. The van der Waals surface area contributed by atoms with E-state index < -0.39 is 21.6 Å². The van der Waals surface area contributed by atoms with Crippen molar-refractivity contribution in [2.75, 3.05) is 13.1 Å². The number of β-amino-alcohol motifs (C(OH)–C–C–N with tert-alkyl or cyclic N) is 1. The lowest BCUT2D eigenvalue weighted by molar-refractivity contribution is 0.0701. The molecule has 0 spiro atoms. The molecule has 0 bridgehead atoms. The summed E-state index contributed by atoms with van der Waals surface area (Å²) in [5.74, 6) is -1.14. The van der Waals surface area contributed by atoms with E-state index in [4.69, 9.17) is 5.11 Å². The molecule has 1 aliphatic heterocycles. The maximum absolute atomic E-state index is 12.2. The number of nitrogens with zero attached hydrogens (tertiary/aromatic N) is 1. The first-order chi connectivity index (χ1) is 8.22. The molecule has 0 radical (unpaired) electrons. The number of carboxylic acids is 1. The van der Waals surface area contributed by atoms with Gasteiger partial charge in [0.2, 0.25) is 0 Å². The topological polar surface area (TPSA) is 94.9 Å². The highest BCUT2D eigenvalue weighted by atomic mass is 32.2. The number of rotatable bonds is 3. The summed E-state index contributed by atoms with van der Waals surface area (Å²) in [5, 5.41) is 18.5. The molecule has 1 unspecified atom stereocenters. The van der Waals surface area contributed by atoms with Crippen LogP contribution in [0.25, 0.3) is 0 Å². The lowest BCUT2D eigenvalue weighted by atomic mass is 10.1. The summed E-state index contributed by atoms with van der Waals surface area (Å²) >= 11 is 0.724. The summed E-state index contributed by atoms with van der Waals surface area (Å²) in [6.45, 7) is 1.87. The summed E-state index contributed by atoms with van der Waals surface area (Å²) in [6, 6.07) is 2.56. The predicted octanol–water partition coefficient (Wildman–Crippen LogP) is 0.592. The SMILES string of the molecule is CC1(O)CCN(S(=O)(=O)c2ccc(C(=O)O)s2)C1. The maximum Gasteiger partial charge on any atom is 0.345 e. The van der Waals surface area contributed by atoms with Crippen molar-refractivity contribution in [2.24, 2.45) is 0 Å². The molecule has 8 heteroatoms. The Morgan fingerprint density at radius 3 is 2.61 bits per heavy atom. The highest BCUT2D eigenvalue weighted by molar-refractivity contribution is 7.91. The number of thiophene rings is 1. The summed E-state index contributed by atoms with van der Waals surface area (Å²) in [4.78, 5) is 10.7. The van der Waals surface area contributed by atoms with Crippen molar-refractivity contribution in [2.45, 2.75) is 23.2 Å². The Morgan fingerprint density at radius 1 is 1.50 bits per heavy atom. The second kappa shape index (κ2) is 4.30. The Bertz CT molecular complexity index is 575. The quantitative estimate of drug-likeness (QED) is 0.850. The molecule has 1 aromatic rings. The van der Waals surface area contributed by atoms with Crippen molar-refractivity contribution in [3.63, 3.8) is 0 Å². The molecule has 100 valence electrons. The molecule has 0 saturated carbocycles. The second-order valence-corrected chi connectivity index (χ2v) is 7.76. The first-order valence-electron chi connectivity index (χ1n) is 5.28. The molecular weight excluding hydrogens is 278 g/mol. The van der Waals surface area contributed by atoms with Crippen molar-refractivity contribution in [3.8, 4) is 0 Å². The fraction of sp³-hybridized carbons (Fsp3) is 0.500. The minimum atomic E-state index is -3.69. The number of hydrogen-bond donors (Lipinski definition) is 2. The molecule has 1 aromatic heterocycles. The Kier molecular flexibility index (Phi) is 3.22. The van der Waals surface area contributed by atoms with Crippen LogP contribution in [-0.2, 0) is 10.0 Å². The highest BCUT2D eigenvalue weighted by Gasteiger charge is 2.39. The number of carboxylic acid groups (broad SMARTS) is 1. The van der Waals surface area contributed by atoms with Crippen LogP contribution in [0.1, 0.15) is 23.0 Å². The third-order valence-electron chi connectivity index (χ3n) is 2.80. The van der Waals surface area contributed by atoms with Gasteiger partial charge in [0.1, 0.15) is 9.09 Å². The fourth-order valence-corrected chi connectivity index (χ4v) is 4.67. The Labute approximate surface area is 109 Å². The van der Waals surface area contributed by atoms with Crippen LogP contribution in [0.5, 0.6) is 0 Å². The lowest BCUT2D eigenvalue weighted by Crippen LogP contribution is -2.33. The fourth-order valence-electron chi connectivity index (χ4n) is 1.81. The zero-order valence-corrected chi connectivity index (χ0v) is 11.3. The van der Waals surface area contributed by atoms with Gasteiger partial charge in [0.05, 0.1) is 5.60 Å². The second-order valence-electron chi connectivity index (χ2n) is 4.51. The molecule has 2 heterocycles. The largest absolute Gasteiger partial charge is 0.477 e. The van der Waals surface area contributed by atoms with E-state index in [1.807, 2.05) is 0 Å². The van der Waals surface area contributed by atoms with Gasteiger partial charge < -0.3 is 10.2 Å². The summed E-state index contributed by atoms with van der Waals surface area (Å²) in [7, 11) is -3.69. The molecule has 1 atom stereocenters. The van der Waals surface area contributed by atoms with E-state index in [9.17, 15) is 18.3 Å². The molecule has 0 aliphatic carbocycles. The van der Waals surface area contributed by atoms with Crippen molar-refractivity contribution < 1.29 is 23.4 Å². The van der Waals surface area contributed by atoms with Crippen molar-refractivity contribution in [1.29, 1.82) is 0 Å². The number of aliphatic hydroxyl groups is 1. The number of hydrogen-bond acceptors (Lipinski definition) is 5. The minimum absolute atomic E-state index is 0.00222. The van der Waals surface area contributed by atoms with Crippen LogP contribution in [0.2, 0.25) is 0 Å². The summed E-state index contributed by atoms with van der Waals surface area (Å²) in [6.07, 6.45) is 0.378. The van der Waals surface area contributed by atoms with Gasteiger partial charge in [-0.3, -0.25) is 0 Å². The van der Waals surface area contributed by atoms with Gasteiger partial charge in [-0.15, -0.1) is 11.3 Å². The molecule has 1 fully saturated rings. The smallest absolute Gasteiger partial charge is 0.345 e. The molecule has 6 nitrogen and oxygen atoms in total. The van der Waals surface area contributed by atoms with E-state index in [2.05, 4.69) is 0 Å². The molecule has 0 aromatic carbocycles. The first-order valence-corrected chi connectivity index (χ1v) is 7.54. The van der Waals surface area contributed by atoms with Crippen LogP contribution in [-0.4, -0.2) is 47.6 Å². The Balaban J connectivity index is 2.28. The highest BCUT2D eigenvalue weighted by Crippen LogP contribution is 2.30. The molecule has 2 rings (SSSR count). The Hall–Kier alpha value is -0.960. The van der Waals surface area contributed by atoms with Gasteiger partial charge in [-0.05, 0) is 25.5 Å². The van der Waals surface area contributed by atoms with Gasteiger partial charge in [0, 0.05) is 13.1 Å². The van der Waals surface area contributed by atoms with Gasteiger partial charge in [0.15, 0.2) is 0 Å². The zero-order valence-electron chi connectivity index (χ0n) is 9.66. The molecule has 0 amide bonds. The van der Waals surface area contributed by atoms with Gasteiger partial charge in [0.25, 0.3) is 10.0 Å². The molecular formula is C10H13NO5S2. The molecule has 18 heavy (non-hydrogen) atoms. The number of aromatic carboxylic acids is 1. The third-order valence-corrected chi connectivity index (χ3v) is 6.19. The van der Waals surface area contributed by atoms with Crippen LogP contribution >= 0.6 is 11.3 Å². The number of carbonyl (C=O) groups is 1. The monoisotopic (exact) mass is 291 g/mol. The average molecular weight is 291 g/mol. The van der Waals surface area contributed by atoms with Crippen LogP contribution in [0.15, 0.2) is 16.3 Å².